The van der Waals surface area contributed by atoms with Gasteiger partial charge in [0.2, 0.25) is 5.91 Å². The van der Waals surface area contributed by atoms with E-state index in [-0.39, 0.29) is 18.1 Å². The van der Waals surface area contributed by atoms with Gasteiger partial charge in [-0.15, -0.1) is 11.8 Å². The molecule has 0 radical (unpaired) electrons. The van der Waals surface area contributed by atoms with Crippen LogP contribution in [0.25, 0.3) is 0 Å². The van der Waals surface area contributed by atoms with E-state index < -0.39 is 0 Å². The number of hydrogen-bond donors (Lipinski definition) is 1. The van der Waals surface area contributed by atoms with Gasteiger partial charge in [-0.3, -0.25) is 10.1 Å². The highest BCUT2D eigenvalue weighted by atomic mass is 32.2. The van der Waals surface area contributed by atoms with Gasteiger partial charge in [-0.1, -0.05) is 12.1 Å². The highest BCUT2D eigenvalue weighted by molar-refractivity contribution is 7.99. The standard InChI is InChI=1S/C16H22N2OS2/c1-11-16(19)18(13-7-9-21-10-8-13)15(17-11)12-3-5-14(20-2)6-4-12/h3-6,11,13,15,17H,7-10H2,1-2H3. The van der Waals surface area contributed by atoms with Crippen molar-refractivity contribution in [2.75, 3.05) is 17.8 Å². The first kappa shape index (κ1) is 15.3. The number of rotatable bonds is 3. The molecule has 5 heteroatoms. The molecule has 2 aliphatic rings. The second kappa shape index (κ2) is 6.63. The fraction of sp³-hybridized carbons (Fsp3) is 0.562. The van der Waals surface area contributed by atoms with E-state index in [2.05, 4.69) is 40.7 Å². The van der Waals surface area contributed by atoms with Crippen LogP contribution in [0.1, 0.15) is 31.5 Å². The number of nitrogens with one attached hydrogen (secondary N) is 1. The summed E-state index contributed by atoms with van der Waals surface area (Å²) in [4.78, 5) is 15.9. The van der Waals surface area contributed by atoms with Crippen molar-refractivity contribution in [2.24, 2.45) is 0 Å². The van der Waals surface area contributed by atoms with Crippen LogP contribution < -0.4 is 5.32 Å². The lowest BCUT2D eigenvalue weighted by Crippen LogP contribution is -2.42. The summed E-state index contributed by atoms with van der Waals surface area (Å²) in [6, 6.07) is 8.90. The molecule has 0 spiro atoms. The van der Waals surface area contributed by atoms with Crippen molar-refractivity contribution in [3.8, 4) is 0 Å². The monoisotopic (exact) mass is 322 g/mol. The summed E-state index contributed by atoms with van der Waals surface area (Å²) in [6.07, 6.45) is 4.35. The number of carbonyl (C=O) groups excluding carboxylic acids is 1. The fourth-order valence-corrected chi connectivity index (χ4v) is 4.63. The van der Waals surface area contributed by atoms with E-state index >= 15 is 0 Å². The zero-order valence-electron chi connectivity index (χ0n) is 12.5. The second-order valence-corrected chi connectivity index (χ2v) is 7.76. The third-order valence-corrected chi connectivity index (χ3v) is 6.12. The van der Waals surface area contributed by atoms with Crippen LogP contribution in [0.3, 0.4) is 0 Å². The SMILES string of the molecule is CSc1ccc(C2NC(C)C(=O)N2C2CCSCC2)cc1. The largest absolute Gasteiger partial charge is 0.319 e. The molecule has 2 fully saturated rings. The molecule has 2 atom stereocenters. The molecule has 3 rings (SSSR count). The molecule has 1 aromatic carbocycles. The summed E-state index contributed by atoms with van der Waals surface area (Å²) >= 11 is 3.75. The molecule has 0 bridgehead atoms. The molecule has 21 heavy (non-hydrogen) atoms. The number of thioether (sulfide) groups is 2. The van der Waals surface area contributed by atoms with Crippen molar-refractivity contribution in [3.63, 3.8) is 0 Å². The van der Waals surface area contributed by atoms with Gasteiger partial charge < -0.3 is 4.90 Å². The number of benzene rings is 1. The van der Waals surface area contributed by atoms with Crippen LogP contribution in [0.5, 0.6) is 0 Å². The summed E-state index contributed by atoms with van der Waals surface area (Å²) in [6.45, 7) is 1.98. The average molecular weight is 322 g/mol. The Morgan fingerprint density at radius 1 is 1.24 bits per heavy atom. The topological polar surface area (TPSA) is 32.3 Å². The van der Waals surface area contributed by atoms with Crippen molar-refractivity contribution in [2.45, 2.75) is 42.9 Å². The molecule has 114 valence electrons. The lowest BCUT2D eigenvalue weighted by molar-refractivity contribution is -0.132. The first-order valence-corrected chi connectivity index (χ1v) is 9.88. The van der Waals surface area contributed by atoms with Crippen molar-refractivity contribution in [1.82, 2.24) is 10.2 Å². The number of nitrogens with zero attached hydrogens (tertiary/aromatic N) is 1. The van der Waals surface area contributed by atoms with Crippen LogP contribution in [0.15, 0.2) is 29.2 Å². The first-order chi connectivity index (χ1) is 10.2. The van der Waals surface area contributed by atoms with Gasteiger partial charge in [0, 0.05) is 10.9 Å². The molecule has 1 aromatic rings. The van der Waals surface area contributed by atoms with Crippen LogP contribution in [-0.2, 0) is 4.79 Å². The van der Waals surface area contributed by atoms with Crippen LogP contribution >= 0.6 is 23.5 Å². The molecule has 0 saturated carbocycles. The molecule has 2 heterocycles. The van der Waals surface area contributed by atoms with Gasteiger partial charge in [-0.2, -0.15) is 11.8 Å². The molecule has 1 amide bonds. The normalized spacial score (nSPS) is 27.3. The van der Waals surface area contributed by atoms with Gasteiger partial charge in [0.25, 0.3) is 0 Å². The Balaban J connectivity index is 1.85. The molecule has 2 aliphatic heterocycles. The third kappa shape index (κ3) is 3.10. The van der Waals surface area contributed by atoms with Crippen molar-refractivity contribution in [3.05, 3.63) is 29.8 Å². The summed E-state index contributed by atoms with van der Waals surface area (Å²) in [7, 11) is 0. The molecular formula is C16H22N2OS2. The van der Waals surface area contributed by atoms with E-state index in [1.54, 1.807) is 11.8 Å². The van der Waals surface area contributed by atoms with Gasteiger partial charge in [0.05, 0.1) is 6.04 Å². The Morgan fingerprint density at radius 2 is 1.90 bits per heavy atom. The Labute approximate surface area is 135 Å². The summed E-state index contributed by atoms with van der Waals surface area (Å²) in [5, 5.41) is 3.47. The Bertz CT molecular complexity index is 500. The summed E-state index contributed by atoms with van der Waals surface area (Å²) in [5.74, 6) is 2.59. The van der Waals surface area contributed by atoms with Gasteiger partial charge in [0.1, 0.15) is 6.17 Å². The van der Waals surface area contributed by atoms with E-state index in [9.17, 15) is 4.79 Å². The molecule has 1 N–H and O–H groups in total. The van der Waals surface area contributed by atoms with E-state index in [0.29, 0.717) is 6.04 Å². The van der Waals surface area contributed by atoms with E-state index in [1.165, 1.54) is 22.0 Å². The first-order valence-electron chi connectivity index (χ1n) is 7.50. The van der Waals surface area contributed by atoms with E-state index in [0.717, 1.165) is 12.8 Å². The van der Waals surface area contributed by atoms with Crippen molar-refractivity contribution >= 4 is 29.4 Å². The van der Waals surface area contributed by atoms with Crippen LogP contribution in [0.4, 0.5) is 0 Å². The van der Waals surface area contributed by atoms with E-state index in [1.807, 2.05) is 18.7 Å². The highest BCUT2D eigenvalue weighted by Crippen LogP contribution is 2.33. The maximum Gasteiger partial charge on any atom is 0.241 e. The lowest BCUT2D eigenvalue weighted by atomic mass is 10.1. The minimum absolute atomic E-state index is 0.0384. The molecule has 2 saturated heterocycles. The number of amides is 1. The van der Waals surface area contributed by atoms with Crippen LogP contribution in [0, 0.1) is 0 Å². The van der Waals surface area contributed by atoms with Crippen LogP contribution in [0.2, 0.25) is 0 Å². The smallest absolute Gasteiger partial charge is 0.241 e. The van der Waals surface area contributed by atoms with Gasteiger partial charge in [-0.05, 0) is 55.2 Å². The molecule has 2 unspecified atom stereocenters. The third-order valence-electron chi connectivity index (χ3n) is 4.33. The van der Waals surface area contributed by atoms with Crippen molar-refractivity contribution in [1.29, 1.82) is 0 Å². The number of hydrogen-bond acceptors (Lipinski definition) is 4. The van der Waals surface area contributed by atoms with Gasteiger partial charge >= 0.3 is 0 Å². The minimum Gasteiger partial charge on any atom is -0.319 e. The quantitative estimate of drug-likeness (QED) is 0.867. The predicted octanol–water partition coefficient (Wildman–Crippen LogP) is 3.12. The molecular weight excluding hydrogens is 300 g/mol. The fourth-order valence-electron chi connectivity index (χ4n) is 3.14. The van der Waals surface area contributed by atoms with E-state index in [4.69, 9.17) is 0 Å². The Hall–Kier alpha value is -0.650. The zero-order chi connectivity index (χ0) is 14.8. The van der Waals surface area contributed by atoms with Gasteiger partial charge in [0.15, 0.2) is 0 Å². The maximum absolute atomic E-state index is 12.6. The van der Waals surface area contributed by atoms with Crippen LogP contribution in [-0.4, -0.2) is 40.7 Å². The Kier molecular flexibility index (Phi) is 4.82. The average Bonchev–Trinajstić information content (AvgIpc) is 2.84. The zero-order valence-corrected chi connectivity index (χ0v) is 14.2. The highest BCUT2D eigenvalue weighted by Gasteiger charge is 2.41. The predicted molar refractivity (Wildman–Crippen MR) is 90.8 cm³/mol. The molecule has 0 aliphatic carbocycles. The van der Waals surface area contributed by atoms with Gasteiger partial charge in [-0.25, -0.2) is 0 Å². The lowest BCUT2D eigenvalue weighted by Gasteiger charge is -2.35. The molecule has 0 aromatic heterocycles. The minimum atomic E-state index is -0.0789. The van der Waals surface area contributed by atoms with Crippen molar-refractivity contribution < 1.29 is 4.79 Å². The summed E-state index contributed by atoms with van der Waals surface area (Å²) in [5.41, 5.74) is 1.20. The Morgan fingerprint density at radius 3 is 2.52 bits per heavy atom. The number of carbonyl (C=O) groups is 1. The summed E-state index contributed by atoms with van der Waals surface area (Å²) < 4.78 is 0. The molecule has 3 nitrogen and oxygen atoms in total. The maximum atomic E-state index is 12.6. The second-order valence-electron chi connectivity index (χ2n) is 5.65.